The molecule has 21 heavy (non-hydrogen) atoms. The van der Waals surface area contributed by atoms with Crippen molar-refractivity contribution >= 4 is 21.9 Å². The van der Waals surface area contributed by atoms with Crippen LogP contribution in [0.4, 0.5) is 10.1 Å². The Labute approximate surface area is 121 Å². The minimum atomic E-state index is -4.11. The molecule has 1 aromatic carbocycles. The number of nitrogens with one attached hydrogen (secondary N) is 1. The predicted molar refractivity (Wildman–Crippen MR) is 72.6 cm³/mol. The fourth-order valence-corrected chi connectivity index (χ4v) is 3.66. The summed E-state index contributed by atoms with van der Waals surface area (Å²) in [5.74, 6) is -2.78. The van der Waals surface area contributed by atoms with Crippen LogP contribution >= 0.6 is 0 Å². The fraction of sp³-hybridized carbons (Fsp3) is 0.417. The van der Waals surface area contributed by atoms with Gasteiger partial charge in [0, 0.05) is 12.6 Å². The van der Waals surface area contributed by atoms with Crippen molar-refractivity contribution in [1.82, 2.24) is 4.31 Å². The highest BCUT2D eigenvalue weighted by Crippen LogP contribution is 2.24. The predicted octanol–water partition coefficient (Wildman–Crippen LogP) is 1.13. The van der Waals surface area contributed by atoms with Crippen molar-refractivity contribution in [1.29, 1.82) is 0 Å². The molecule has 0 bridgehead atoms. The minimum absolute atomic E-state index is 0.0833. The van der Waals surface area contributed by atoms with Crippen LogP contribution in [0.3, 0.4) is 0 Å². The van der Waals surface area contributed by atoms with E-state index >= 15 is 0 Å². The number of rotatable bonds is 4. The number of halogens is 1. The molecule has 0 spiro atoms. The summed E-state index contributed by atoms with van der Waals surface area (Å²) in [5.41, 5.74) is -0.0833. The summed E-state index contributed by atoms with van der Waals surface area (Å²) >= 11 is 0. The van der Waals surface area contributed by atoms with E-state index in [1.165, 1.54) is 6.07 Å². The Bertz CT molecular complexity index is 649. The van der Waals surface area contributed by atoms with Crippen molar-refractivity contribution in [3.05, 3.63) is 24.0 Å². The second-order valence-corrected chi connectivity index (χ2v) is 6.36. The van der Waals surface area contributed by atoms with Crippen molar-refractivity contribution in [2.75, 3.05) is 11.3 Å². The molecule has 1 heterocycles. The second kappa shape index (κ2) is 5.86. The Morgan fingerprint density at radius 1 is 1.38 bits per heavy atom. The van der Waals surface area contributed by atoms with E-state index in [9.17, 15) is 17.6 Å². The first-order valence-electron chi connectivity index (χ1n) is 6.32. The summed E-state index contributed by atoms with van der Waals surface area (Å²) < 4.78 is 40.7. The van der Waals surface area contributed by atoms with Crippen LogP contribution in [-0.4, -0.2) is 41.5 Å². The summed E-state index contributed by atoms with van der Waals surface area (Å²) in [6, 6.07) is 1.90. The zero-order valence-corrected chi connectivity index (χ0v) is 11.8. The van der Waals surface area contributed by atoms with E-state index in [1.54, 1.807) is 0 Å². The lowest BCUT2D eigenvalue weighted by molar-refractivity contribution is -0.142. The van der Waals surface area contributed by atoms with Gasteiger partial charge in [0.25, 0.3) is 0 Å². The number of aliphatic carboxylic acids is 1. The van der Waals surface area contributed by atoms with E-state index in [4.69, 9.17) is 10.2 Å². The van der Waals surface area contributed by atoms with E-state index in [2.05, 4.69) is 4.72 Å². The van der Waals surface area contributed by atoms with Crippen molar-refractivity contribution < 1.29 is 27.8 Å². The zero-order chi connectivity index (χ0) is 15.6. The van der Waals surface area contributed by atoms with Crippen LogP contribution in [0.5, 0.6) is 5.75 Å². The number of piperidine rings is 1. The van der Waals surface area contributed by atoms with Gasteiger partial charge >= 0.3 is 16.2 Å². The minimum Gasteiger partial charge on any atom is -0.505 e. The van der Waals surface area contributed by atoms with Crippen LogP contribution < -0.4 is 4.72 Å². The van der Waals surface area contributed by atoms with Crippen LogP contribution in [0.15, 0.2) is 18.2 Å². The number of anilines is 1. The Hall–Kier alpha value is -1.87. The highest BCUT2D eigenvalue weighted by Gasteiger charge is 2.36. The molecule has 1 aliphatic rings. The Balaban J connectivity index is 2.23. The maximum atomic E-state index is 13.2. The number of carboxylic acids is 1. The maximum Gasteiger partial charge on any atom is 0.322 e. The number of hydrogen-bond donors (Lipinski definition) is 3. The Morgan fingerprint density at radius 2 is 2.10 bits per heavy atom. The van der Waals surface area contributed by atoms with Gasteiger partial charge in [0.05, 0.1) is 5.69 Å². The van der Waals surface area contributed by atoms with Crippen molar-refractivity contribution in [2.45, 2.75) is 25.3 Å². The molecule has 1 saturated heterocycles. The number of phenolic OH excluding ortho intramolecular Hbond substituents is 1. The summed E-state index contributed by atoms with van der Waals surface area (Å²) in [6.45, 7) is 0.0901. The van der Waals surface area contributed by atoms with Crippen LogP contribution in [-0.2, 0) is 15.0 Å². The topological polar surface area (TPSA) is 107 Å². The first-order chi connectivity index (χ1) is 9.81. The lowest BCUT2D eigenvalue weighted by atomic mass is 10.1. The van der Waals surface area contributed by atoms with Crippen LogP contribution in [0, 0.1) is 5.82 Å². The van der Waals surface area contributed by atoms with Gasteiger partial charge in [-0.05, 0) is 31.4 Å². The largest absolute Gasteiger partial charge is 0.505 e. The molecule has 0 aliphatic carbocycles. The van der Waals surface area contributed by atoms with Crippen molar-refractivity contribution in [2.24, 2.45) is 0 Å². The number of hydrogen-bond acceptors (Lipinski definition) is 4. The van der Waals surface area contributed by atoms with Crippen LogP contribution in [0.25, 0.3) is 0 Å². The van der Waals surface area contributed by atoms with Crippen LogP contribution in [0.1, 0.15) is 19.3 Å². The number of benzene rings is 1. The molecule has 1 aliphatic heterocycles. The number of carbonyl (C=O) groups is 1. The number of phenols is 1. The van der Waals surface area contributed by atoms with Gasteiger partial charge in [-0.3, -0.25) is 9.52 Å². The number of aromatic hydroxyl groups is 1. The second-order valence-electron chi connectivity index (χ2n) is 4.73. The smallest absolute Gasteiger partial charge is 0.322 e. The lowest BCUT2D eigenvalue weighted by Crippen LogP contribution is -2.49. The monoisotopic (exact) mass is 318 g/mol. The summed E-state index contributed by atoms with van der Waals surface area (Å²) in [4.78, 5) is 11.1. The van der Waals surface area contributed by atoms with Gasteiger partial charge in [0.15, 0.2) is 11.6 Å². The maximum absolute atomic E-state index is 13.2. The van der Waals surface area contributed by atoms with E-state index < -0.39 is 33.8 Å². The summed E-state index contributed by atoms with van der Waals surface area (Å²) in [6.07, 6.45) is 1.44. The summed E-state index contributed by atoms with van der Waals surface area (Å²) in [5, 5.41) is 18.2. The fourth-order valence-electron chi connectivity index (χ4n) is 2.22. The molecule has 0 saturated carbocycles. The molecule has 9 heteroatoms. The van der Waals surface area contributed by atoms with Gasteiger partial charge in [-0.2, -0.15) is 12.7 Å². The SMILES string of the molecule is O=C(O)C1CCCCN1S(=O)(=O)Nc1ccc(O)c(F)c1. The molecular weight excluding hydrogens is 303 g/mol. The van der Waals surface area contributed by atoms with Gasteiger partial charge in [0.1, 0.15) is 6.04 Å². The molecule has 0 radical (unpaired) electrons. The third-order valence-electron chi connectivity index (χ3n) is 3.24. The van der Waals surface area contributed by atoms with E-state index in [0.717, 1.165) is 16.4 Å². The van der Waals surface area contributed by atoms with E-state index in [-0.39, 0.29) is 18.7 Å². The molecule has 2 rings (SSSR count). The summed E-state index contributed by atoms with van der Waals surface area (Å²) in [7, 11) is -4.11. The molecule has 1 fully saturated rings. The third-order valence-corrected chi connectivity index (χ3v) is 4.79. The lowest BCUT2D eigenvalue weighted by Gasteiger charge is -2.31. The molecule has 1 atom stereocenters. The quantitative estimate of drug-likeness (QED) is 0.721. The van der Waals surface area contributed by atoms with Gasteiger partial charge in [-0.1, -0.05) is 0 Å². The molecule has 7 nitrogen and oxygen atoms in total. The molecule has 116 valence electrons. The Kier molecular flexibility index (Phi) is 4.33. The van der Waals surface area contributed by atoms with Gasteiger partial charge in [-0.25, -0.2) is 4.39 Å². The highest BCUT2D eigenvalue weighted by atomic mass is 32.2. The van der Waals surface area contributed by atoms with E-state index in [0.29, 0.717) is 12.8 Å². The molecule has 1 unspecified atom stereocenters. The molecular formula is C12H15FN2O5S. The Morgan fingerprint density at radius 3 is 2.71 bits per heavy atom. The van der Waals surface area contributed by atoms with Gasteiger partial charge < -0.3 is 10.2 Å². The molecule has 3 N–H and O–H groups in total. The zero-order valence-electron chi connectivity index (χ0n) is 11.0. The number of carboxylic acid groups (broad SMARTS) is 1. The first-order valence-corrected chi connectivity index (χ1v) is 7.76. The highest BCUT2D eigenvalue weighted by molar-refractivity contribution is 7.90. The normalized spacial score (nSPS) is 20.1. The van der Waals surface area contributed by atoms with Gasteiger partial charge in [0.2, 0.25) is 0 Å². The molecule has 0 aromatic heterocycles. The molecule has 1 aromatic rings. The average molecular weight is 318 g/mol. The number of nitrogens with zero attached hydrogens (tertiary/aromatic N) is 1. The third kappa shape index (κ3) is 3.42. The standard InChI is InChI=1S/C12H15FN2O5S/c13-9-7-8(4-5-11(9)16)14-21(19,20)15-6-2-1-3-10(15)12(17)18/h4-5,7,10,14,16H,1-3,6H2,(H,17,18). The van der Waals surface area contributed by atoms with Crippen molar-refractivity contribution in [3.8, 4) is 5.75 Å². The van der Waals surface area contributed by atoms with E-state index in [1.807, 2.05) is 0 Å². The first kappa shape index (κ1) is 15.5. The molecule has 0 amide bonds. The average Bonchev–Trinajstić information content (AvgIpc) is 2.42. The van der Waals surface area contributed by atoms with Crippen LogP contribution in [0.2, 0.25) is 0 Å². The van der Waals surface area contributed by atoms with Gasteiger partial charge in [-0.15, -0.1) is 0 Å². The van der Waals surface area contributed by atoms with Crippen molar-refractivity contribution in [3.63, 3.8) is 0 Å².